The van der Waals surface area contributed by atoms with Gasteiger partial charge in [-0.25, -0.2) is 9.97 Å². The van der Waals surface area contributed by atoms with Crippen LogP contribution in [0.4, 0.5) is 5.82 Å². The Morgan fingerprint density at radius 3 is 2.73 bits per heavy atom. The summed E-state index contributed by atoms with van der Waals surface area (Å²) in [5.41, 5.74) is 9.73. The first-order chi connectivity index (χ1) is 10.6. The third-order valence-corrected chi connectivity index (χ3v) is 4.36. The van der Waals surface area contributed by atoms with Crippen molar-refractivity contribution in [1.82, 2.24) is 14.9 Å². The van der Waals surface area contributed by atoms with Gasteiger partial charge in [0.1, 0.15) is 0 Å². The van der Waals surface area contributed by atoms with E-state index in [4.69, 9.17) is 5.73 Å². The smallest absolute Gasteiger partial charge is 0.276 e. The second kappa shape index (κ2) is 5.75. The molecule has 1 aromatic carbocycles. The molecule has 22 heavy (non-hydrogen) atoms. The van der Waals surface area contributed by atoms with E-state index in [1.165, 1.54) is 29.1 Å². The lowest BCUT2D eigenvalue weighted by molar-refractivity contribution is 0.0730. The van der Waals surface area contributed by atoms with Gasteiger partial charge < -0.3 is 10.6 Å². The molecule has 1 aromatic heterocycles. The van der Waals surface area contributed by atoms with Crippen molar-refractivity contribution in [3.63, 3.8) is 0 Å². The van der Waals surface area contributed by atoms with Crippen molar-refractivity contribution in [1.29, 1.82) is 0 Å². The van der Waals surface area contributed by atoms with Crippen LogP contribution in [0.3, 0.4) is 0 Å². The van der Waals surface area contributed by atoms with E-state index in [1.54, 1.807) is 0 Å². The average Bonchev–Trinajstić information content (AvgIpc) is 2.99. The number of benzene rings is 1. The summed E-state index contributed by atoms with van der Waals surface area (Å²) in [6.07, 6.45) is 4.96. The average molecular weight is 296 g/mol. The van der Waals surface area contributed by atoms with Crippen LogP contribution in [-0.2, 0) is 0 Å². The van der Waals surface area contributed by atoms with Gasteiger partial charge in [0, 0.05) is 18.9 Å². The number of aryl methyl sites for hydroxylation is 2. The van der Waals surface area contributed by atoms with E-state index >= 15 is 0 Å². The molecule has 1 unspecified atom stereocenters. The Bertz CT molecular complexity index is 714. The number of hydrogen-bond donors (Lipinski definition) is 1. The Labute approximate surface area is 130 Å². The van der Waals surface area contributed by atoms with Crippen LogP contribution < -0.4 is 5.73 Å². The molecule has 0 aliphatic carbocycles. The molecule has 5 heteroatoms. The summed E-state index contributed by atoms with van der Waals surface area (Å²) in [5, 5.41) is 0. The Kier molecular flexibility index (Phi) is 3.79. The van der Waals surface area contributed by atoms with Gasteiger partial charge in [0.05, 0.1) is 6.04 Å². The zero-order chi connectivity index (χ0) is 15.7. The van der Waals surface area contributed by atoms with Crippen LogP contribution in [0.15, 0.2) is 30.6 Å². The van der Waals surface area contributed by atoms with Gasteiger partial charge in [0.15, 0.2) is 11.5 Å². The van der Waals surface area contributed by atoms with E-state index in [2.05, 4.69) is 42.0 Å². The highest BCUT2D eigenvalue weighted by Crippen LogP contribution is 2.34. The Hall–Kier alpha value is -2.43. The predicted octanol–water partition coefficient (Wildman–Crippen LogP) is 2.65. The third kappa shape index (κ3) is 2.54. The van der Waals surface area contributed by atoms with Crippen LogP contribution in [0.25, 0.3) is 0 Å². The highest BCUT2D eigenvalue weighted by molar-refractivity contribution is 5.96. The molecule has 1 aliphatic rings. The number of nitrogen functional groups attached to an aromatic ring is 1. The molecule has 0 saturated carbocycles. The molecule has 2 N–H and O–H groups in total. The van der Waals surface area contributed by atoms with E-state index in [9.17, 15) is 4.79 Å². The summed E-state index contributed by atoms with van der Waals surface area (Å²) in [6.45, 7) is 4.92. The summed E-state index contributed by atoms with van der Waals surface area (Å²) in [4.78, 5) is 22.7. The largest absolute Gasteiger partial charge is 0.382 e. The van der Waals surface area contributed by atoms with Crippen molar-refractivity contribution in [3.05, 3.63) is 53.0 Å². The lowest BCUT2D eigenvalue weighted by atomic mass is 9.99. The van der Waals surface area contributed by atoms with Gasteiger partial charge in [-0.05, 0) is 43.4 Å². The molecule has 0 radical (unpaired) electrons. The van der Waals surface area contributed by atoms with Crippen molar-refractivity contribution in [2.75, 3.05) is 12.3 Å². The van der Waals surface area contributed by atoms with Crippen LogP contribution in [0.1, 0.15) is 46.1 Å². The molecule has 1 saturated heterocycles. The van der Waals surface area contributed by atoms with E-state index < -0.39 is 0 Å². The van der Waals surface area contributed by atoms with Crippen molar-refractivity contribution in [3.8, 4) is 0 Å². The van der Waals surface area contributed by atoms with Gasteiger partial charge >= 0.3 is 0 Å². The number of nitrogens with zero attached hydrogens (tertiary/aromatic N) is 3. The van der Waals surface area contributed by atoms with Crippen molar-refractivity contribution in [2.24, 2.45) is 0 Å². The summed E-state index contributed by atoms with van der Waals surface area (Å²) in [5.74, 6) is 0.0598. The number of carbonyl (C=O) groups excluding carboxylic acids is 1. The topological polar surface area (TPSA) is 72.1 Å². The van der Waals surface area contributed by atoms with Gasteiger partial charge in [-0.3, -0.25) is 4.79 Å². The predicted molar refractivity (Wildman–Crippen MR) is 85.4 cm³/mol. The SMILES string of the molecule is Cc1ccc(C2CCCN2C(=O)c2nccnc2N)cc1C. The highest BCUT2D eigenvalue weighted by Gasteiger charge is 2.32. The normalized spacial score (nSPS) is 17.7. The van der Waals surface area contributed by atoms with Crippen molar-refractivity contribution >= 4 is 11.7 Å². The Morgan fingerprint density at radius 2 is 2.00 bits per heavy atom. The fraction of sp³-hybridized carbons (Fsp3) is 0.353. The van der Waals surface area contributed by atoms with E-state index in [1.807, 2.05) is 4.90 Å². The number of aromatic nitrogens is 2. The van der Waals surface area contributed by atoms with Crippen LogP contribution >= 0.6 is 0 Å². The molecular weight excluding hydrogens is 276 g/mol. The first-order valence-corrected chi connectivity index (χ1v) is 7.52. The Balaban J connectivity index is 1.91. The van der Waals surface area contributed by atoms with Crippen molar-refractivity contribution in [2.45, 2.75) is 32.7 Å². The van der Waals surface area contributed by atoms with Crippen LogP contribution in [-0.4, -0.2) is 27.3 Å². The molecule has 114 valence electrons. The molecule has 5 nitrogen and oxygen atoms in total. The van der Waals surface area contributed by atoms with Gasteiger partial charge in [0.2, 0.25) is 0 Å². The summed E-state index contributed by atoms with van der Waals surface area (Å²) < 4.78 is 0. The van der Waals surface area contributed by atoms with Gasteiger partial charge in [-0.2, -0.15) is 0 Å². The Morgan fingerprint density at radius 1 is 1.23 bits per heavy atom. The number of anilines is 1. The molecule has 2 aromatic rings. The van der Waals surface area contributed by atoms with Crippen LogP contribution in [0.2, 0.25) is 0 Å². The first-order valence-electron chi connectivity index (χ1n) is 7.52. The zero-order valence-corrected chi connectivity index (χ0v) is 12.9. The monoisotopic (exact) mass is 296 g/mol. The molecule has 1 amide bonds. The third-order valence-electron chi connectivity index (χ3n) is 4.36. The highest BCUT2D eigenvalue weighted by atomic mass is 16.2. The lowest BCUT2D eigenvalue weighted by Gasteiger charge is -2.25. The zero-order valence-electron chi connectivity index (χ0n) is 12.9. The van der Waals surface area contributed by atoms with E-state index in [0.29, 0.717) is 0 Å². The standard InChI is InChI=1S/C17H20N4O/c1-11-5-6-13(10-12(11)2)14-4-3-9-21(14)17(22)15-16(18)20-8-7-19-15/h5-8,10,14H,3-4,9H2,1-2H3,(H2,18,20). The van der Waals surface area contributed by atoms with Gasteiger partial charge in [0.25, 0.3) is 5.91 Å². The van der Waals surface area contributed by atoms with Crippen LogP contribution in [0.5, 0.6) is 0 Å². The number of amides is 1. The minimum absolute atomic E-state index is 0.0909. The maximum atomic E-state index is 12.7. The minimum Gasteiger partial charge on any atom is -0.382 e. The summed E-state index contributed by atoms with van der Waals surface area (Å²) in [7, 11) is 0. The quantitative estimate of drug-likeness (QED) is 0.924. The van der Waals surface area contributed by atoms with E-state index in [-0.39, 0.29) is 23.5 Å². The first kappa shape index (κ1) is 14.5. The lowest BCUT2D eigenvalue weighted by Crippen LogP contribution is -2.32. The fourth-order valence-electron chi connectivity index (χ4n) is 2.98. The van der Waals surface area contributed by atoms with Crippen LogP contribution in [0, 0.1) is 13.8 Å². The molecule has 2 heterocycles. The second-order valence-electron chi connectivity index (χ2n) is 5.79. The number of hydrogen-bond acceptors (Lipinski definition) is 4. The number of nitrogens with two attached hydrogens (primary N) is 1. The maximum absolute atomic E-state index is 12.7. The molecule has 0 bridgehead atoms. The van der Waals surface area contributed by atoms with Gasteiger partial charge in [-0.1, -0.05) is 18.2 Å². The fourth-order valence-corrected chi connectivity index (χ4v) is 2.98. The molecule has 1 aliphatic heterocycles. The van der Waals surface area contributed by atoms with E-state index in [0.717, 1.165) is 19.4 Å². The number of rotatable bonds is 2. The number of carbonyl (C=O) groups is 1. The maximum Gasteiger partial charge on any atom is 0.276 e. The summed E-state index contributed by atoms with van der Waals surface area (Å²) >= 11 is 0. The van der Waals surface area contributed by atoms with Gasteiger partial charge in [-0.15, -0.1) is 0 Å². The minimum atomic E-state index is -0.133. The second-order valence-corrected chi connectivity index (χ2v) is 5.79. The summed E-state index contributed by atoms with van der Waals surface area (Å²) in [6, 6.07) is 6.49. The molecule has 1 atom stereocenters. The molecule has 3 rings (SSSR count). The number of likely N-dealkylation sites (tertiary alicyclic amines) is 1. The van der Waals surface area contributed by atoms with Crippen molar-refractivity contribution < 1.29 is 4.79 Å². The molecule has 1 fully saturated rings. The molecular formula is C17H20N4O. The molecule has 0 spiro atoms.